The van der Waals surface area contributed by atoms with Crippen LogP contribution in [0, 0.1) is 0 Å². The number of likely N-dealkylation sites (tertiary alicyclic amines) is 1. The van der Waals surface area contributed by atoms with Gasteiger partial charge in [0.05, 0.1) is 11.2 Å². The number of amides is 1. The minimum atomic E-state index is -0.376. The van der Waals surface area contributed by atoms with Crippen LogP contribution in [0.2, 0.25) is 0 Å². The smallest absolute Gasteiger partial charge is 0.410 e. The lowest BCUT2D eigenvalue weighted by Gasteiger charge is -2.26. The van der Waals surface area contributed by atoms with E-state index in [1.807, 2.05) is 37.1 Å². The van der Waals surface area contributed by atoms with Crippen LogP contribution < -0.4 is 5.56 Å². The summed E-state index contributed by atoms with van der Waals surface area (Å²) in [7, 11) is 0. The molecule has 1 fully saturated rings. The van der Waals surface area contributed by atoms with Gasteiger partial charge in [-0.2, -0.15) is 0 Å². The van der Waals surface area contributed by atoms with Crippen molar-refractivity contribution in [1.82, 2.24) is 14.9 Å². The van der Waals surface area contributed by atoms with Crippen LogP contribution in [0.1, 0.15) is 40.5 Å². The maximum atomic E-state index is 11.6. The first-order valence-corrected chi connectivity index (χ1v) is 9.27. The number of hydrogen-bond donors (Lipinski definition) is 1. The SMILES string of the molecule is C[C@H]1CCCN1C(=O)OC(C)(C)C.O=c1cc(-c2cscn2)cc[nH]1. The summed E-state index contributed by atoms with van der Waals surface area (Å²) in [6.07, 6.45) is 3.65. The number of carbonyl (C=O) groups is 1. The van der Waals surface area contributed by atoms with Gasteiger partial charge in [-0.1, -0.05) is 0 Å². The van der Waals surface area contributed by atoms with Gasteiger partial charge in [0, 0.05) is 35.8 Å². The number of ether oxygens (including phenoxy) is 1. The number of hydrogen-bond acceptors (Lipinski definition) is 5. The molecule has 7 heteroatoms. The number of pyridine rings is 1. The van der Waals surface area contributed by atoms with Crippen LogP contribution in [0.3, 0.4) is 0 Å². The van der Waals surface area contributed by atoms with Gasteiger partial charge in [-0.3, -0.25) is 4.79 Å². The average Bonchev–Trinajstić information content (AvgIpc) is 3.17. The van der Waals surface area contributed by atoms with Crippen molar-refractivity contribution in [3.63, 3.8) is 0 Å². The van der Waals surface area contributed by atoms with E-state index in [1.54, 1.807) is 11.7 Å². The fourth-order valence-corrected chi connectivity index (χ4v) is 3.05. The van der Waals surface area contributed by atoms with Crippen LogP contribution in [0.5, 0.6) is 0 Å². The lowest BCUT2D eigenvalue weighted by molar-refractivity contribution is 0.0239. The highest BCUT2D eigenvalue weighted by Gasteiger charge is 2.28. The third-order valence-electron chi connectivity index (χ3n) is 3.68. The number of thiazole rings is 1. The molecule has 3 heterocycles. The van der Waals surface area contributed by atoms with Crippen molar-refractivity contribution in [2.75, 3.05) is 6.54 Å². The molecule has 25 heavy (non-hydrogen) atoms. The Balaban J connectivity index is 0.000000181. The summed E-state index contributed by atoms with van der Waals surface area (Å²) in [6.45, 7) is 8.59. The summed E-state index contributed by atoms with van der Waals surface area (Å²) in [5, 5.41) is 1.91. The van der Waals surface area contributed by atoms with Gasteiger partial charge in [-0.05, 0) is 46.6 Å². The molecule has 0 saturated carbocycles. The summed E-state index contributed by atoms with van der Waals surface area (Å²) >= 11 is 1.52. The minimum Gasteiger partial charge on any atom is -0.444 e. The maximum absolute atomic E-state index is 11.6. The molecule has 1 amide bonds. The molecule has 1 saturated heterocycles. The Morgan fingerprint density at radius 1 is 1.44 bits per heavy atom. The lowest BCUT2D eigenvalue weighted by atomic mass is 10.2. The molecule has 136 valence electrons. The monoisotopic (exact) mass is 363 g/mol. The second-order valence-corrected chi connectivity index (χ2v) is 7.70. The van der Waals surface area contributed by atoms with E-state index in [2.05, 4.69) is 16.9 Å². The van der Waals surface area contributed by atoms with Gasteiger partial charge in [0.2, 0.25) is 5.56 Å². The average molecular weight is 363 g/mol. The summed E-state index contributed by atoms with van der Waals surface area (Å²) < 4.78 is 5.28. The molecule has 2 aromatic heterocycles. The van der Waals surface area contributed by atoms with Crippen LogP contribution in [0.25, 0.3) is 11.3 Å². The van der Waals surface area contributed by atoms with E-state index in [0.717, 1.165) is 30.6 Å². The molecule has 1 aliphatic heterocycles. The van der Waals surface area contributed by atoms with Crippen LogP contribution >= 0.6 is 11.3 Å². The van der Waals surface area contributed by atoms with Crippen LogP contribution in [-0.4, -0.2) is 39.1 Å². The zero-order valence-corrected chi connectivity index (χ0v) is 15.9. The van der Waals surface area contributed by atoms with Crippen molar-refractivity contribution in [1.29, 1.82) is 0 Å². The highest BCUT2D eigenvalue weighted by Crippen LogP contribution is 2.19. The minimum absolute atomic E-state index is 0.0968. The van der Waals surface area contributed by atoms with Gasteiger partial charge in [-0.25, -0.2) is 9.78 Å². The number of nitrogens with one attached hydrogen (secondary N) is 1. The fraction of sp³-hybridized carbons (Fsp3) is 0.500. The molecule has 0 radical (unpaired) electrons. The van der Waals surface area contributed by atoms with E-state index in [9.17, 15) is 9.59 Å². The number of carbonyl (C=O) groups excluding carboxylic acids is 1. The summed E-state index contributed by atoms with van der Waals surface area (Å²) in [5.74, 6) is 0. The van der Waals surface area contributed by atoms with E-state index < -0.39 is 0 Å². The highest BCUT2D eigenvalue weighted by atomic mass is 32.1. The number of nitrogens with zero attached hydrogens (tertiary/aromatic N) is 2. The molecule has 0 bridgehead atoms. The van der Waals surface area contributed by atoms with Crippen molar-refractivity contribution < 1.29 is 9.53 Å². The third-order valence-corrected chi connectivity index (χ3v) is 4.27. The molecule has 1 atom stereocenters. The van der Waals surface area contributed by atoms with Crippen LogP contribution in [0.15, 0.2) is 34.0 Å². The van der Waals surface area contributed by atoms with Crippen molar-refractivity contribution >= 4 is 17.4 Å². The number of aromatic nitrogens is 2. The molecular formula is C18H25N3O3S. The fourth-order valence-electron chi connectivity index (χ4n) is 2.48. The van der Waals surface area contributed by atoms with E-state index in [4.69, 9.17) is 4.74 Å². The van der Waals surface area contributed by atoms with Crippen molar-refractivity contribution in [2.45, 2.75) is 52.2 Å². The molecule has 1 aliphatic rings. The Morgan fingerprint density at radius 3 is 2.72 bits per heavy atom. The van der Waals surface area contributed by atoms with Gasteiger partial charge < -0.3 is 14.6 Å². The molecule has 6 nitrogen and oxygen atoms in total. The Kier molecular flexibility index (Phi) is 6.36. The second-order valence-electron chi connectivity index (χ2n) is 6.98. The molecular weight excluding hydrogens is 338 g/mol. The quantitative estimate of drug-likeness (QED) is 0.834. The normalized spacial score (nSPS) is 17.0. The van der Waals surface area contributed by atoms with E-state index in [-0.39, 0.29) is 17.3 Å². The van der Waals surface area contributed by atoms with Gasteiger partial charge in [0.1, 0.15) is 5.60 Å². The zero-order chi connectivity index (χ0) is 18.4. The predicted molar refractivity (Wildman–Crippen MR) is 99.8 cm³/mol. The van der Waals surface area contributed by atoms with Crippen molar-refractivity contribution in [3.8, 4) is 11.3 Å². The van der Waals surface area contributed by atoms with Crippen LogP contribution in [-0.2, 0) is 4.74 Å². The zero-order valence-electron chi connectivity index (χ0n) is 15.1. The molecule has 3 rings (SSSR count). The van der Waals surface area contributed by atoms with Gasteiger partial charge >= 0.3 is 6.09 Å². The predicted octanol–water partition coefficient (Wildman–Crippen LogP) is 3.90. The Hall–Kier alpha value is -2.15. The van der Waals surface area contributed by atoms with Crippen molar-refractivity contribution in [3.05, 3.63) is 39.6 Å². The van der Waals surface area contributed by atoms with Gasteiger partial charge in [-0.15, -0.1) is 11.3 Å². The first kappa shape index (κ1) is 19.2. The maximum Gasteiger partial charge on any atom is 0.410 e. The standard InChI is InChI=1S/C10H19NO2.C8H6N2OS/c1-8-6-5-7-11(8)9(12)13-10(2,3)4;11-8-3-6(1-2-9-8)7-4-12-5-10-7/h8H,5-7H2,1-4H3;1-5H,(H,9,11)/t8-;/m0./s1. The lowest BCUT2D eigenvalue weighted by Crippen LogP contribution is -2.38. The molecule has 2 aromatic rings. The number of aromatic amines is 1. The molecule has 0 aromatic carbocycles. The van der Waals surface area contributed by atoms with E-state index in [1.165, 1.54) is 17.4 Å². The number of H-pyrrole nitrogens is 1. The summed E-state index contributed by atoms with van der Waals surface area (Å²) in [5.41, 5.74) is 2.99. The molecule has 0 unspecified atom stereocenters. The summed E-state index contributed by atoms with van der Waals surface area (Å²) in [6, 6.07) is 3.71. The topological polar surface area (TPSA) is 75.3 Å². The van der Waals surface area contributed by atoms with Crippen LogP contribution in [0.4, 0.5) is 4.79 Å². The van der Waals surface area contributed by atoms with Gasteiger partial charge in [0.25, 0.3) is 0 Å². The summed E-state index contributed by atoms with van der Waals surface area (Å²) in [4.78, 5) is 30.9. The van der Waals surface area contributed by atoms with Gasteiger partial charge in [0.15, 0.2) is 0 Å². The Morgan fingerprint density at radius 2 is 2.20 bits per heavy atom. The first-order valence-electron chi connectivity index (χ1n) is 8.33. The second kappa shape index (κ2) is 8.29. The Bertz CT molecular complexity index is 735. The first-order chi connectivity index (χ1) is 11.8. The van der Waals surface area contributed by atoms with Crippen molar-refractivity contribution in [2.24, 2.45) is 0 Å². The third kappa shape index (κ3) is 6.01. The largest absolute Gasteiger partial charge is 0.444 e. The van der Waals surface area contributed by atoms with E-state index >= 15 is 0 Å². The highest BCUT2D eigenvalue weighted by molar-refractivity contribution is 7.07. The molecule has 0 aliphatic carbocycles. The molecule has 0 spiro atoms. The molecule has 1 N–H and O–H groups in total. The van der Waals surface area contributed by atoms with E-state index in [0.29, 0.717) is 6.04 Å². The Labute approximate surface area is 151 Å². The number of rotatable bonds is 1.